The normalized spacial score (nSPS) is 14.4. The minimum atomic E-state index is -0.200. The van der Waals surface area contributed by atoms with Crippen LogP contribution in [-0.4, -0.2) is 37.6 Å². The molecule has 0 atom stereocenters. The number of nitrogens with zero attached hydrogens (tertiary/aromatic N) is 1. The van der Waals surface area contributed by atoms with Crippen LogP contribution >= 0.6 is 0 Å². The first-order valence-corrected chi connectivity index (χ1v) is 9.84. The Labute approximate surface area is 167 Å². The highest BCUT2D eigenvalue weighted by Crippen LogP contribution is 2.34. The second-order valence-electron chi connectivity index (χ2n) is 7.75. The third kappa shape index (κ3) is 5.23. The zero-order chi connectivity index (χ0) is 20.1. The Hall–Kier alpha value is -2.59. The molecule has 4 heteroatoms. The van der Waals surface area contributed by atoms with Gasteiger partial charge in [0, 0.05) is 18.5 Å². The van der Waals surface area contributed by atoms with Gasteiger partial charge in [-0.1, -0.05) is 36.4 Å². The lowest BCUT2D eigenvalue weighted by molar-refractivity contribution is -0.146. The Morgan fingerprint density at radius 2 is 1.96 bits per heavy atom. The first-order chi connectivity index (χ1) is 13.4. The van der Waals surface area contributed by atoms with Gasteiger partial charge in [0.1, 0.15) is 11.5 Å². The maximum absolute atomic E-state index is 12.0. The molecule has 0 amide bonds. The molecule has 0 bridgehead atoms. The van der Waals surface area contributed by atoms with E-state index in [4.69, 9.17) is 9.47 Å². The number of esters is 1. The standard InChI is InChI=1S/C24H29NO3/c1-17(2)27-24(26)15-18-11-12-22-20(14-18)16-19-8-5-6-9-21(19)23(28-22)10-7-13-25(3)4/h5-6,8-12,14,17H,7,13,15-16H2,1-4H3. The predicted molar refractivity (Wildman–Crippen MR) is 112 cm³/mol. The molecule has 2 aromatic carbocycles. The quantitative estimate of drug-likeness (QED) is 0.695. The number of carbonyl (C=O) groups is 1. The van der Waals surface area contributed by atoms with Crippen molar-refractivity contribution in [2.24, 2.45) is 0 Å². The van der Waals surface area contributed by atoms with Crippen molar-refractivity contribution in [3.63, 3.8) is 0 Å². The predicted octanol–water partition coefficient (Wildman–Crippen LogP) is 4.46. The average molecular weight is 380 g/mol. The second-order valence-corrected chi connectivity index (χ2v) is 7.75. The molecule has 148 valence electrons. The molecular weight excluding hydrogens is 350 g/mol. The fourth-order valence-corrected chi connectivity index (χ4v) is 3.35. The molecule has 0 N–H and O–H groups in total. The Bertz CT molecular complexity index is 868. The second kappa shape index (κ2) is 9.07. The molecule has 0 fully saturated rings. The Kier molecular flexibility index (Phi) is 6.53. The van der Waals surface area contributed by atoms with Crippen molar-refractivity contribution in [3.05, 3.63) is 70.8 Å². The smallest absolute Gasteiger partial charge is 0.310 e. The highest BCUT2D eigenvalue weighted by atomic mass is 16.5. The summed E-state index contributed by atoms with van der Waals surface area (Å²) in [7, 11) is 4.14. The average Bonchev–Trinajstić information content (AvgIpc) is 2.77. The largest absolute Gasteiger partial charge is 0.463 e. The molecular formula is C24H29NO3. The van der Waals surface area contributed by atoms with Gasteiger partial charge in [0.25, 0.3) is 0 Å². The van der Waals surface area contributed by atoms with E-state index in [9.17, 15) is 4.79 Å². The molecule has 0 spiro atoms. The summed E-state index contributed by atoms with van der Waals surface area (Å²) >= 11 is 0. The van der Waals surface area contributed by atoms with Crippen molar-refractivity contribution in [2.45, 2.75) is 39.2 Å². The van der Waals surface area contributed by atoms with Gasteiger partial charge < -0.3 is 14.4 Å². The van der Waals surface area contributed by atoms with E-state index in [2.05, 4.69) is 49.3 Å². The highest BCUT2D eigenvalue weighted by Gasteiger charge is 2.19. The van der Waals surface area contributed by atoms with Crippen molar-refractivity contribution < 1.29 is 14.3 Å². The number of hydrogen-bond acceptors (Lipinski definition) is 4. The van der Waals surface area contributed by atoms with Crippen LogP contribution in [0.4, 0.5) is 0 Å². The number of rotatable bonds is 6. The summed E-state index contributed by atoms with van der Waals surface area (Å²) in [6.45, 7) is 4.70. The molecule has 4 nitrogen and oxygen atoms in total. The lowest BCUT2D eigenvalue weighted by Gasteiger charge is -2.13. The summed E-state index contributed by atoms with van der Waals surface area (Å²) in [5.41, 5.74) is 4.42. The molecule has 0 radical (unpaired) electrons. The van der Waals surface area contributed by atoms with Crippen LogP contribution in [0.5, 0.6) is 5.75 Å². The SMILES string of the molecule is CC(C)OC(=O)Cc1ccc2c(c1)Cc1ccccc1C(=CCCN(C)C)O2. The molecule has 0 aliphatic carbocycles. The fraction of sp³-hybridized carbons (Fsp3) is 0.375. The van der Waals surface area contributed by atoms with Gasteiger partial charge in [-0.3, -0.25) is 4.79 Å². The van der Waals surface area contributed by atoms with E-state index < -0.39 is 0 Å². The van der Waals surface area contributed by atoms with Crippen LogP contribution in [-0.2, 0) is 22.4 Å². The number of hydrogen-bond donors (Lipinski definition) is 0. The van der Waals surface area contributed by atoms with Crippen molar-refractivity contribution in [3.8, 4) is 5.75 Å². The molecule has 0 saturated heterocycles. The van der Waals surface area contributed by atoms with Crippen LogP contribution in [0, 0.1) is 0 Å². The van der Waals surface area contributed by atoms with Crippen LogP contribution < -0.4 is 4.74 Å². The highest BCUT2D eigenvalue weighted by molar-refractivity contribution is 5.73. The third-order valence-electron chi connectivity index (χ3n) is 4.63. The lowest BCUT2D eigenvalue weighted by Crippen LogP contribution is -2.13. The van der Waals surface area contributed by atoms with Crippen LogP contribution in [0.3, 0.4) is 0 Å². The van der Waals surface area contributed by atoms with E-state index in [1.807, 2.05) is 32.0 Å². The molecule has 1 aliphatic rings. The summed E-state index contributed by atoms with van der Waals surface area (Å²) in [4.78, 5) is 14.2. The van der Waals surface area contributed by atoms with Gasteiger partial charge in [-0.05, 0) is 63.2 Å². The Morgan fingerprint density at radius 1 is 1.18 bits per heavy atom. The van der Waals surface area contributed by atoms with Crippen LogP contribution in [0.25, 0.3) is 5.76 Å². The first kappa shape index (κ1) is 20.2. The third-order valence-corrected chi connectivity index (χ3v) is 4.63. The topological polar surface area (TPSA) is 38.8 Å². The Balaban J connectivity index is 1.88. The maximum atomic E-state index is 12.0. The minimum absolute atomic E-state index is 0.0987. The van der Waals surface area contributed by atoms with Crippen molar-refractivity contribution in [1.29, 1.82) is 0 Å². The molecule has 1 aliphatic heterocycles. The zero-order valence-electron chi connectivity index (χ0n) is 17.2. The van der Waals surface area contributed by atoms with E-state index in [0.717, 1.165) is 47.6 Å². The summed E-state index contributed by atoms with van der Waals surface area (Å²) in [6.07, 6.45) is 4.05. The summed E-state index contributed by atoms with van der Waals surface area (Å²) in [5, 5.41) is 0. The van der Waals surface area contributed by atoms with E-state index >= 15 is 0 Å². The van der Waals surface area contributed by atoms with E-state index in [-0.39, 0.29) is 18.5 Å². The monoisotopic (exact) mass is 379 g/mol. The summed E-state index contributed by atoms with van der Waals surface area (Å²) in [5.74, 6) is 1.56. The first-order valence-electron chi connectivity index (χ1n) is 9.84. The number of carbonyl (C=O) groups excluding carboxylic acids is 1. The van der Waals surface area contributed by atoms with E-state index in [1.165, 1.54) is 5.56 Å². The molecule has 28 heavy (non-hydrogen) atoms. The van der Waals surface area contributed by atoms with Crippen molar-refractivity contribution >= 4 is 11.7 Å². The number of fused-ring (bicyclic) bond motifs is 2. The zero-order valence-corrected chi connectivity index (χ0v) is 17.2. The molecule has 3 rings (SSSR count). The molecule has 2 aromatic rings. The Morgan fingerprint density at radius 3 is 2.71 bits per heavy atom. The molecule has 1 heterocycles. The number of ether oxygens (including phenoxy) is 2. The summed E-state index contributed by atoms with van der Waals surface area (Å²) < 4.78 is 11.6. The van der Waals surface area contributed by atoms with Crippen molar-refractivity contribution in [1.82, 2.24) is 4.90 Å². The van der Waals surface area contributed by atoms with Crippen LogP contribution in [0.15, 0.2) is 48.5 Å². The van der Waals surface area contributed by atoms with Gasteiger partial charge in [-0.15, -0.1) is 0 Å². The molecule has 0 unspecified atom stereocenters. The lowest BCUT2D eigenvalue weighted by atomic mass is 9.97. The van der Waals surface area contributed by atoms with Gasteiger partial charge in [-0.2, -0.15) is 0 Å². The molecule has 0 aromatic heterocycles. The molecule has 0 saturated carbocycles. The number of benzene rings is 2. The van der Waals surface area contributed by atoms with Gasteiger partial charge in [0.15, 0.2) is 0 Å². The van der Waals surface area contributed by atoms with Gasteiger partial charge in [-0.25, -0.2) is 0 Å². The van der Waals surface area contributed by atoms with Gasteiger partial charge in [0.2, 0.25) is 0 Å². The van der Waals surface area contributed by atoms with E-state index in [0.29, 0.717) is 0 Å². The maximum Gasteiger partial charge on any atom is 0.310 e. The van der Waals surface area contributed by atoms with Crippen LogP contribution in [0.2, 0.25) is 0 Å². The summed E-state index contributed by atoms with van der Waals surface area (Å²) in [6, 6.07) is 14.4. The van der Waals surface area contributed by atoms with E-state index in [1.54, 1.807) is 0 Å². The minimum Gasteiger partial charge on any atom is -0.463 e. The van der Waals surface area contributed by atoms with Crippen LogP contribution in [0.1, 0.15) is 42.5 Å². The van der Waals surface area contributed by atoms with Gasteiger partial charge in [0.05, 0.1) is 12.5 Å². The van der Waals surface area contributed by atoms with Crippen molar-refractivity contribution in [2.75, 3.05) is 20.6 Å². The fourth-order valence-electron chi connectivity index (χ4n) is 3.35. The van der Waals surface area contributed by atoms with Gasteiger partial charge >= 0.3 is 5.97 Å².